The van der Waals surface area contributed by atoms with Crippen molar-refractivity contribution in [3.05, 3.63) is 23.2 Å². The fourth-order valence-corrected chi connectivity index (χ4v) is 1.22. The maximum Gasteiger partial charge on any atom is 0.102 e. The lowest BCUT2D eigenvalue weighted by atomic mass is 10.1. The number of hydrogen-bond acceptors (Lipinski definition) is 4. The number of aliphatic hydroxyl groups is 2. The Kier molecular flexibility index (Phi) is 3.79. The molecule has 15 heavy (non-hydrogen) atoms. The molecule has 84 valence electrons. The zero-order chi connectivity index (χ0) is 11.5. The van der Waals surface area contributed by atoms with Gasteiger partial charge in [0, 0.05) is 11.6 Å². The van der Waals surface area contributed by atoms with Crippen LogP contribution < -0.4 is 11.1 Å². The van der Waals surface area contributed by atoms with E-state index < -0.39 is 5.60 Å². The second-order valence-electron chi connectivity index (χ2n) is 3.74. The van der Waals surface area contributed by atoms with Crippen molar-refractivity contribution in [3.63, 3.8) is 0 Å². The summed E-state index contributed by atoms with van der Waals surface area (Å²) < 4.78 is 0. The van der Waals surface area contributed by atoms with Gasteiger partial charge in [-0.2, -0.15) is 0 Å². The van der Waals surface area contributed by atoms with Gasteiger partial charge >= 0.3 is 0 Å². The monoisotopic (exact) mass is 230 g/mol. The van der Waals surface area contributed by atoms with Gasteiger partial charge in [-0.05, 0) is 25.1 Å². The van der Waals surface area contributed by atoms with Gasteiger partial charge in [0.25, 0.3) is 0 Å². The Morgan fingerprint density at radius 1 is 1.53 bits per heavy atom. The summed E-state index contributed by atoms with van der Waals surface area (Å²) in [4.78, 5) is 0. The number of halogens is 1. The Labute approximate surface area is 93.7 Å². The average Bonchev–Trinajstić information content (AvgIpc) is 2.16. The summed E-state index contributed by atoms with van der Waals surface area (Å²) in [5.41, 5.74) is 5.74. The molecule has 1 aromatic carbocycles. The second kappa shape index (κ2) is 4.70. The van der Waals surface area contributed by atoms with Crippen molar-refractivity contribution in [2.24, 2.45) is 0 Å². The van der Waals surface area contributed by atoms with E-state index in [1.165, 1.54) is 6.92 Å². The minimum atomic E-state index is -1.16. The molecule has 0 saturated carbocycles. The predicted octanol–water partition coefficient (Wildman–Crippen LogP) is 1.08. The highest BCUT2D eigenvalue weighted by Gasteiger charge is 2.18. The van der Waals surface area contributed by atoms with Crippen molar-refractivity contribution in [1.29, 1.82) is 0 Å². The number of hydrogen-bond donors (Lipinski definition) is 4. The van der Waals surface area contributed by atoms with Crippen molar-refractivity contribution in [1.82, 2.24) is 0 Å². The molecule has 0 aliphatic heterocycles. The number of nitrogen functional groups attached to an aromatic ring is 1. The quantitative estimate of drug-likeness (QED) is 0.584. The summed E-state index contributed by atoms with van der Waals surface area (Å²) in [6, 6.07) is 5.05. The zero-order valence-corrected chi connectivity index (χ0v) is 9.25. The molecule has 0 bridgehead atoms. The Bertz CT molecular complexity index is 342. The second-order valence-corrected chi connectivity index (χ2v) is 4.18. The smallest absolute Gasteiger partial charge is 0.102 e. The van der Waals surface area contributed by atoms with Gasteiger partial charge in [-0.15, -0.1) is 0 Å². The van der Waals surface area contributed by atoms with Crippen LogP contribution in [0.4, 0.5) is 11.4 Å². The third kappa shape index (κ3) is 3.58. The van der Waals surface area contributed by atoms with E-state index in [0.29, 0.717) is 16.4 Å². The molecule has 0 aliphatic carbocycles. The van der Waals surface area contributed by atoms with Gasteiger partial charge in [0.15, 0.2) is 0 Å². The number of aliphatic hydroxyl groups excluding tert-OH is 1. The minimum absolute atomic E-state index is 0.218. The van der Waals surface area contributed by atoms with Gasteiger partial charge in [-0.25, -0.2) is 0 Å². The highest BCUT2D eigenvalue weighted by molar-refractivity contribution is 6.31. The Morgan fingerprint density at radius 3 is 2.73 bits per heavy atom. The lowest BCUT2D eigenvalue weighted by Crippen LogP contribution is -2.37. The van der Waals surface area contributed by atoms with Crippen molar-refractivity contribution >= 4 is 23.0 Å². The number of benzene rings is 1. The van der Waals surface area contributed by atoms with Crippen LogP contribution in [0.15, 0.2) is 18.2 Å². The van der Waals surface area contributed by atoms with Crippen LogP contribution in [0.25, 0.3) is 0 Å². The highest BCUT2D eigenvalue weighted by atomic mass is 35.5. The van der Waals surface area contributed by atoms with Crippen LogP contribution in [-0.2, 0) is 0 Å². The van der Waals surface area contributed by atoms with Crippen LogP contribution >= 0.6 is 11.6 Å². The summed E-state index contributed by atoms with van der Waals surface area (Å²) in [5.74, 6) is 0. The lowest BCUT2D eigenvalue weighted by molar-refractivity contribution is 0.0132. The van der Waals surface area contributed by atoms with E-state index in [1.54, 1.807) is 18.2 Å². The number of nitrogens with two attached hydrogens (primary N) is 1. The molecule has 1 atom stereocenters. The summed E-state index contributed by atoms with van der Waals surface area (Å²) in [6.45, 7) is 1.44. The molecule has 0 heterocycles. The van der Waals surface area contributed by atoms with Crippen molar-refractivity contribution in [3.8, 4) is 0 Å². The molecule has 0 fully saturated rings. The molecule has 0 aromatic heterocycles. The van der Waals surface area contributed by atoms with Crippen molar-refractivity contribution in [2.75, 3.05) is 24.2 Å². The van der Waals surface area contributed by atoms with Gasteiger partial charge in [0.2, 0.25) is 0 Å². The molecule has 1 unspecified atom stereocenters. The normalized spacial score (nSPS) is 14.7. The molecule has 0 radical (unpaired) electrons. The van der Waals surface area contributed by atoms with Crippen molar-refractivity contribution in [2.45, 2.75) is 12.5 Å². The van der Waals surface area contributed by atoms with Crippen LogP contribution in [0.2, 0.25) is 5.02 Å². The van der Waals surface area contributed by atoms with Gasteiger partial charge < -0.3 is 21.3 Å². The fourth-order valence-electron chi connectivity index (χ4n) is 1.04. The summed E-state index contributed by atoms with van der Waals surface area (Å²) in [7, 11) is 0. The van der Waals surface area contributed by atoms with E-state index >= 15 is 0 Å². The van der Waals surface area contributed by atoms with Crippen LogP contribution in [-0.4, -0.2) is 29.0 Å². The van der Waals surface area contributed by atoms with Crippen LogP contribution in [0.3, 0.4) is 0 Å². The lowest BCUT2D eigenvalue weighted by Gasteiger charge is -2.21. The number of anilines is 2. The van der Waals surface area contributed by atoms with Crippen LogP contribution in [0.5, 0.6) is 0 Å². The molecule has 1 rings (SSSR count). The first-order chi connectivity index (χ1) is 6.94. The maximum absolute atomic E-state index is 9.55. The molecule has 1 aromatic rings. The number of nitrogens with one attached hydrogen (secondary N) is 1. The van der Waals surface area contributed by atoms with E-state index in [-0.39, 0.29) is 13.2 Å². The third-order valence-electron chi connectivity index (χ3n) is 2.01. The summed E-state index contributed by atoms with van der Waals surface area (Å²) in [5, 5.41) is 21.9. The topological polar surface area (TPSA) is 78.5 Å². The van der Waals surface area contributed by atoms with E-state index in [2.05, 4.69) is 5.32 Å². The number of rotatable bonds is 4. The first kappa shape index (κ1) is 12.1. The molecular formula is C10H15ClN2O2. The molecule has 5 heteroatoms. The zero-order valence-electron chi connectivity index (χ0n) is 8.50. The Morgan fingerprint density at radius 2 is 2.20 bits per heavy atom. The van der Waals surface area contributed by atoms with Gasteiger partial charge in [0.05, 0.1) is 18.0 Å². The predicted molar refractivity (Wildman–Crippen MR) is 62.1 cm³/mol. The molecule has 0 spiro atoms. The molecule has 0 aliphatic rings. The van der Waals surface area contributed by atoms with E-state index in [1.807, 2.05) is 0 Å². The van der Waals surface area contributed by atoms with E-state index in [4.69, 9.17) is 22.4 Å². The first-order valence-corrected chi connectivity index (χ1v) is 4.94. The minimum Gasteiger partial charge on any atom is -0.397 e. The van der Waals surface area contributed by atoms with Gasteiger partial charge in [-0.3, -0.25) is 0 Å². The van der Waals surface area contributed by atoms with Crippen LogP contribution in [0.1, 0.15) is 6.92 Å². The Balaban J connectivity index is 2.66. The van der Waals surface area contributed by atoms with Gasteiger partial charge in [0.1, 0.15) is 5.60 Å². The Hall–Kier alpha value is -0.970. The standard InChI is InChI=1S/C10H15ClN2O2/c1-10(15,6-14)5-13-9-3-2-7(11)4-8(9)12/h2-4,13-15H,5-6,12H2,1H3. The average molecular weight is 231 g/mol. The van der Waals surface area contributed by atoms with E-state index in [9.17, 15) is 5.11 Å². The highest BCUT2D eigenvalue weighted by Crippen LogP contribution is 2.23. The fraction of sp³-hybridized carbons (Fsp3) is 0.400. The first-order valence-electron chi connectivity index (χ1n) is 4.57. The molecule has 0 amide bonds. The summed E-state index contributed by atoms with van der Waals surface area (Å²) in [6.07, 6.45) is 0. The van der Waals surface area contributed by atoms with Crippen LogP contribution in [0, 0.1) is 0 Å². The molecular weight excluding hydrogens is 216 g/mol. The van der Waals surface area contributed by atoms with Crippen molar-refractivity contribution < 1.29 is 10.2 Å². The molecule has 5 N–H and O–H groups in total. The van der Waals surface area contributed by atoms with Gasteiger partial charge in [-0.1, -0.05) is 11.6 Å². The largest absolute Gasteiger partial charge is 0.397 e. The molecule has 4 nitrogen and oxygen atoms in total. The van der Waals surface area contributed by atoms with E-state index in [0.717, 1.165) is 0 Å². The third-order valence-corrected chi connectivity index (χ3v) is 2.25. The summed E-state index contributed by atoms with van der Waals surface area (Å²) >= 11 is 5.74. The maximum atomic E-state index is 9.55. The SMILES string of the molecule is CC(O)(CO)CNc1ccc(Cl)cc1N. The molecule has 0 saturated heterocycles.